The summed E-state index contributed by atoms with van der Waals surface area (Å²) in [5.41, 5.74) is 5.57. The number of benzene rings is 1. The van der Waals surface area contributed by atoms with Gasteiger partial charge in [-0.2, -0.15) is 0 Å². The Morgan fingerprint density at radius 1 is 1.32 bits per heavy atom. The average Bonchev–Trinajstić information content (AvgIpc) is 2.78. The molecule has 4 nitrogen and oxygen atoms in total. The van der Waals surface area contributed by atoms with Crippen LogP contribution < -0.4 is 10.5 Å². The van der Waals surface area contributed by atoms with E-state index in [1.54, 1.807) is 0 Å². The van der Waals surface area contributed by atoms with Crippen molar-refractivity contribution in [2.75, 3.05) is 6.54 Å². The third kappa shape index (κ3) is 2.93. The van der Waals surface area contributed by atoms with E-state index in [4.69, 9.17) is 5.73 Å². The topological polar surface area (TPSA) is 72.2 Å². The van der Waals surface area contributed by atoms with Gasteiger partial charge >= 0.3 is 0 Å². The normalized spacial score (nSPS) is 23.7. The first kappa shape index (κ1) is 14.4. The molecule has 0 amide bonds. The van der Waals surface area contributed by atoms with E-state index in [1.165, 1.54) is 6.07 Å². The third-order valence-corrected chi connectivity index (χ3v) is 4.98. The summed E-state index contributed by atoms with van der Waals surface area (Å²) in [5, 5.41) is 0. The Morgan fingerprint density at radius 3 is 2.74 bits per heavy atom. The Hall–Kier alpha value is -1.05. The van der Waals surface area contributed by atoms with Crippen LogP contribution in [0.1, 0.15) is 19.3 Å². The minimum Gasteiger partial charge on any atom is -0.330 e. The second-order valence-electron chi connectivity index (χ2n) is 4.71. The maximum absolute atomic E-state index is 13.5. The van der Waals surface area contributed by atoms with Crippen molar-refractivity contribution in [1.82, 2.24) is 4.72 Å². The fraction of sp³-hybridized carbons (Fsp3) is 0.500. The molecule has 2 unspecified atom stereocenters. The molecule has 2 rings (SSSR count). The van der Waals surface area contributed by atoms with E-state index in [0.29, 0.717) is 13.0 Å². The second-order valence-corrected chi connectivity index (χ2v) is 6.39. The number of hydrogen-bond acceptors (Lipinski definition) is 3. The van der Waals surface area contributed by atoms with Gasteiger partial charge in [0.05, 0.1) is 0 Å². The highest BCUT2D eigenvalue weighted by molar-refractivity contribution is 7.89. The molecule has 0 bridgehead atoms. The molecule has 1 saturated carbocycles. The van der Waals surface area contributed by atoms with Crippen LogP contribution in [0.5, 0.6) is 0 Å². The fourth-order valence-corrected chi connectivity index (χ4v) is 3.86. The lowest BCUT2D eigenvalue weighted by Crippen LogP contribution is -2.40. The van der Waals surface area contributed by atoms with E-state index >= 15 is 0 Å². The largest absolute Gasteiger partial charge is 0.330 e. The Bertz CT molecular complexity index is 563. The highest BCUT2D eigenvalue weighted by Crippen LogP contribution is 2.27. The summed E-state index contributed by atoms with van der Waals surface area (Å²) in [6.45, 7) is 0.374. The van der Waals surface area contributed by atoms with Gasteiger partial charge in [0.2, 0.25) is 10.0 Å². The predicted octanol–water partition coefficient (Wildman–Crippen LogP) is 1.37. The zero-order chi connectivity index (χ0) is 14.0. The minimum atomic E-state index is -4.06. The number of nitrogens with one attached hydrogen (secondary N) is 1. The standard InChI is InChI=1S/C12H16F2N2O2S/c13-9-4-2-6-11(12(9)14)19(17,18)16-10-5-1-3-8(10)7-15/h2,4,6,8,10,16H,1,3,5,7,15H2. The van der Waals surface area contributed by atoms with Crippen molar-refractivity contribution in [2.45, 2.75) is 30.2 Å². The van der Waals surface area contributed by atoms with Crippen LogP contribution in [0.4, 0.5) is 8.78 Å². The predicted molar refractivity (Wildman–Crippen MR) is 66.9 cm³/mol. The van der Waals surface area contributed by atoms with E-state index < -0.39 is 26.6 Å². The van der Waals surface area contributed by atoms with Crippen LogP contribution in [0, 0.1) is 17.6 Å². The summed E-state index contributed by atoms with van der Waals surface area (Å²) >= 11 is 0. The second kappa shape index (κ2) is 5.52. The van der Waals surface area contributed by atoms with E-state index in [1.807, 2.05) is 0 Å². The van der Waals surface area contributed by atoms with Gasteiger partial charge in [0.25, 0.3) is 0 Å². The Morgan fingerprint density at radius 2 is 2.05 bits per heavy atom. The van der Waals surface area contributed by atoms with Crippen molar-refractivity contribution in [1.29, 1.82) is 0 Å². The summed E-state index contributed by atoms with van der Waals surface area (Å²) in [7, 11) is -4.06. The van der Waals surface area contributed by atoms with Gasteiger partial charge in [-0.25, -0.2) is 21.9 Å². The van der Waals surface area contributed by atoms with Crippen LogP contribution in [0.2, 0.25) is 0 Å². The molecule has 0 radical (unpaired) electrons. The number of nitrogens with two attached hydrogens (primary N) is 1. The molecule has 106 valence electrons. The van der Waals surface area contributed by atoms with Crippen molar-refractivity contribution in [2.24, 2.45) is 11.7 Å². The Balaban J connectivity index is 2.25. The highest BCUT2D eigenvalue weighted by atomic mass is 32.2. The van der Waals surface area contributed by atoms with Crippen LogP contribution in [0.3, 0.4) is 0 Å². The van der Waals surface area contributed by atoms with Gasteiger partial charge in [0.15, 0.2) is 11.6 Å². The molecular weight excluding hydrogens is 274 g/mol. The lowest BCUT2D eigenvalue weighted by Gasteiger charge is -2.19. The average molecular weight is 290 g/mol. The van der Waals surface area contributed by atoms with Crippen molar-refractivity contribution in [3.05, 3.63) is 29.8 Å². The molecule has 0 saturated heterocycles. The lowest BCUT2D eigenvalue weighted by atomic mass is 10.1. The number of sulfonamides is 1. The van der Waals surface area contributed by atoms with Gasteiger partial charge in [-0.15, -0.1) is 0 Å². The Kier molecular flexibility index (Phi) is 4.17. The van der Waals surface area contributed by atoms with E-state index in [-0.39, 0.29) is 12.0 Å². The maximum atomic E-state index is 13.5. The monoisotopic (exact) mass is 290 g/mol. The van der Waals surface area contributed by atoms with Gasteiger partial charge in [-0.3, -0.25) is 0 Å². The molecule has 3 N–H and O–H groups in total. The molecule has 0 spiro atoms. The van der Waals surface area contributed by atoms with Crippen molar-refractivity contribution in [3.8, 4) is 0 Å². The lowest BCUT2D eigenvalue weighted by molar-refractivity contribution is 0.446. The fourth-order valence-electron chi connectivity index (χ4n) is 2.43. The van der Waals surface area contributed by atoms with Gasteiger partial charge in [0, 0.05) is 6.04 Å². The molecule has 1 aliphatic carbocycles. The molecule has 0 aliphatic heterocycles. The molecule has 1 aliphatic rings. The first-order chi connectivity index (χ1) is 8.95. The third-order valence-electron chi connectivity index (χ3n) is 3.47. The molecule has 2 atom stereocenters. The maximum Gasteiger partial charge on any atom is 0.243 e. The SMILES string of the molecule is NCC1CCCC1NS(=O)(=O)c1cccc(F)c1F. The number of hydrogen-bond donors (Lipinski definition) is 2. The van der Waals surface area contributed by atoms with Crippen molar-refractivity contribution < 1.29 is 17.2 Å². The molecule has 1 fully saturated rings. The highest BCUT2D eigenvalue weighted by Gasteiger charge is 2.31. The van der Waals surface area contributed by atoms with Gasteiger partial charge in [0.1, 0.15) is 4.90 Å². The van der Waals surface area contributed by atoms with Crippen LogP contribution in [-0.2, 0) is 10.0 Å². The first-order valence-corrected chi connectivity index (χ1v) is 7.60. The van der Waals surface area contributed by atoms with Gasteiger partial charge in [-0.05, 0) is 37.4 Å². The summed E-state index contributed by atoms with van der Waals surface area (Å²) < 4.78 is 53.2. The molecule has 1 aromatic rings. The van der Waals surface area contributed by atoms with Gasteiger partial charge < -0.3 is 5.73 Å². The smallest absolute Gasteiger partial charge is 0.243 e. The molecule has 7 heteroatoms. The van der Waals surface area contributed by atoms with E-state index in [9.17, 15) is 17.2 Å². The minimum absolute atomic E-state index is 0.0476. The Labute approximate surface area is 111 Å². The zero-order valence-electron chi connectivity index (χ0n) is 10.3. The summed E-state index contributed by atoms with van der Waals surface area (Å²) in [6.07, 6.45) is 2.38. The quantitative estimate of drug-likeness (QED) is 0.879. The number of rotatable bonds is 4. The van der Waals surface area contributed by atoms with Crippen molar-refractivity contribution in [3.63, 3.8) is 0 Å². The summed E-state index contributed by atoms with van der Waals surface area (Å²) in [5.74, 6) is -2.48. The van der Waals surface area contributed by atoms with Crippen LogP contribution in [0.25, 0.3) is 0 Å². The van der Waals surface area contributed by atoms with Gasteiger partial charge in [-0.1, -0.05) is 12.5 Å². The molecule has 0 aromatic heterocycles. The van der Waals surface area contributed by atoms with Crippen molar-refractivity contribution >= 4 is 10.0 Å². The van der Waals surface area contributed by atoms with E-state index in [2.05, 4.69) is 4.72 Å². The molecule has 0 heterocycles. The summed E-state index contributed by atoms with van der Waals surface area (Å²) in [6, 6.07) is 2.79. The van der Waals surface area contributed by atoms with Crippen LogP contribution >= 0.6 is 0 Å². The molecular formula is C12H16F2N2O2S. The number of halogens is 2. The van der Waals surface area contributed by atoms with Crippen LogP contribution in [-0.4, -0.2) is 21.0 Å². The van der Waals surface area contributed by atoms with Crippen LogP contribution in [0.15, 0.2) is 23.1 Å². The zero-order valence-corrected chi connectivity index (χ0v) is 11.1. The molecule has 19 heavy (non-hydrogen) atoms. The first-order valence-electron chi connectivity index (χ1n) is 6.12. The summed E-state index contributed by atoms with van der Waals surface area (Å²) in [4.78, 5) is -0.657. The molecule has 1 aromatic carbocycles. The van der Waals surface area contributed by atoms with E-state index in [0.717, 1.165) is 25.0 Å².